The van der Waals surface area contributed by atoms with Gasteiger partial charge < -0.3 is 14.5 Å². The van der Waals surface area contributed by atoms with E-state index < -0.39 is 11.6 Å². The number of likely N-dealkylation sites (tertiary alicyclic amines) is 1. The average Bonchev–Trinajstić information content (AvgIpc) is 2.77. The molecular weight excluding hydrogens is 376 g/mol. The molecule has 0 aromatic carbocycles. The third-order valence-electron chi connectivity index (χ3n) is 6.06. The zero-order chi connectivity index (χ0) is 20.6. The summed E-state index contributed by atoms with van der Waals surface area (Å²) < 4.78 is 5.33. The molecular formula is C21H38N2O6. The smallest absolute Gasteiger partial charge is 0.320 e. The van der Waals surface area contributed by atoms with Gasteiger partial charge in [0.25, 0.3) is 0 Å². The van der Waals surface area contributed by atoms with E-state index in [0.29, 0.717) is 52.2 Å². The van der Waals surface area contributed by atoms with Gasteiger partial charge in [0.15, 0.2) is 0 Å². The van der Waals surface area contributed by atoms with Gasteiger partial charge in [-0.3, -0.25) is 0 Å². The van der Waals surface area contributed by atoms with E-state index in [1.807, 2.05) is 9.80 Å². The Labute approximate surface area is 174 Å². The van der Waals surface area contributed by atoms with Crippen molar-refractivity contribution >= 4 is 6.03 Å². The summed E-state index contributed by atoms with van der Waals surface area (Å²) in [4.78, 5) is 39.7. The van der Waals surface area contributed by atoms with Crippen LogP contribution in [0.3, 0.4) is 0 Å². The lowest BCUT2D eigenvalue weighted by atomic mass is 10.0. The number of carbonyl (C=O) groups is 1. The maximum absolute atomic E-state index is 12.7. The molecule has 3 heterocycles. The van der Waals surface area contributed by atoms with Crippen LogP contribution in [0.5, 0.6) is 0 Å². The SMILES string of the molecule is CCCCCCCC1(CCC)OOC2(CCN(C(=O)N3CCOCC3)CC2)OO1. The molecule has 0 bridgehead atoms. The standard InChI is InChI=1S/C21H38N2O6/c1-3-5-6-7-8-10-20(9-4-2)26-28-21(29-27-20)11-13-22(14-12-21)19(24)23-15-17-25-18-16-23/h3-18H2,1-2H3. The summed E-state index contributed by atoms with van der Waals surface area (Å²) in [6.07, 6.45) is 9.40. The van der Waals surface area contributed by atoms with Crippen LogP contribution in [0.15, 0.2) is 0 Å². The van der Waals surface area contributed by atoms with Gasteiger partial charge in [0.1, 0.15) is 0 Å². The van der Waals surface area contributed by atoms with Gasteiger partial charge in [-0.05, 0) is 6.42 Å². The molecule has 3 aliphatic rings. The molecule has 3 saturated heterocycles. The monoisotopic (exact) mass is 414 g/mol. The van der Waals surface area contributed by atoms with Crippen molar-refractivity contribution in [1.29, 1.82) is 0 Å². The van der Waals surface area contributed by atoms with Gasteiger partial charge in [-0.2, -0.15) is 19.6 Å². The summed E-state index contributed by atoms with van der Waals surface area (Å²) >= 11 is 0. The second-order valence-corrected chi connectivity index (χ2v) is 8.44. The van der Waals surface area contributed by atoms with Crippen molar-refractivity contribution < 1.29 is 29.1 Å². The summed E-state index contributed by atoms with van der Waals surface area (Å²) in [6, 6.07) is 0.0632. The zero-order valence-corrected chi connectivity index (χ0v) is 18.2. The van der Waals surface area contributed by atoms with Crippen molar-refractivity contribution in [3.8, 4) is 0 Å². The predicted octanol–water partition coefficient (Wildman–Crippen LogP) is 4.00. The van der Waals surface area contributed by atoms with Crippen molar-refractivity contribution in [2.45, 2.75) is 89.6 Å². The minimum Gasteiger partial charge on any atom is -0.378 e. The molecule has 3 aliphatic heterocycles. The highest BCUT2D eigenvalue weighted by atomic mass is 17.4. The van der Waals surface area contributed by atoms with E-state index in [2.05, 4.69) is 13.8 Å². The molecule has 3 rings (SSSR count). The van der Waals surface area contributed by atoms with Gasteiger partial charge in [0, 0.05) is 51.9 Å². The molecule has 8 nitrogen and oxygen atoms in total. The van der Waals surface area contributed by atoms with Crippen LogP contribution in [0, 0.1) is 0 Å². The Morgan fingerprint density at radius 2 is 1.38 bits per heavy atom. The topological polar surface area (TPSA) is 69.7 Å². The average molecular weight is 415 g/mol. The van der Waals surface area contributed by atoms with Crippen LogP contribution >= 0.6 is 0 Å². The minimum atomic E-state index is -0.915. The Hall–Kier alpha value is -0.930. The molecule has 0 aromatic rings. The Bertz CT molecular complexity index is 493. The van der Waals surface area contributed by atoms with Crippen molar-refractivity contribution in [3.05, 3.63) is 0 Å². The van der Waals surface area contributed by atoms with E-state index in [9.17, 15) is 4.79 Å². The van der Waals surface area contributed by atoms with E-state index in [1.54, 1.807) is 0 Å². The number of urea groups is 1. The molecule has 1 spiro atoms. The lowest BCUT2D eigenvalue weighted by Gasteiger charge is -2.46. The second-order valence-electron chi connectivity index (χ2n) is 8.44. The van der Waals surface area contributed by atoms with Crippen LogP contribution in [-0.2, 0) is 24.3 Å². The Morgan fingerprint density at radius 1 is 0.759 bits per heavy atom. The van der Waals surface area contributed by atoms with Crippen LogP contribution in [0.2, 0.25) is 0 Å². The van der Waals surface area contributed by atoms with Gasteiger partial charge >= 0.3 is 6.03 Å². The Morgan fingerprint density at radius 3 is 2.00 bits per heavy atom. The summed E-state index contributed by atoms with van der Waals surface area (Å²) in [6.45, 7) is 7.94. The van der Waals surface area contributed by atoms with Crippen LogP contribution in [0.4, 0.5) is 4.79 Å². The Kier molecular flexibility index (Phi) is 8.56. The van der Waals surface area contributed by atoms with E-state index >= 15 is 0 Å². The highest BCUT2D eigenvalue weighted by Crippen LogP contribution is 2.40. The first-order valence-electron chi connectivity index (χ1n) is 11.5. The number of morpholine rings is 1. The molecule has 0 aromatic heterocycles. The van der Waals surface area contributed by atoms with E-state index in [1.165, 1.54) is 19.3 Å². The number of carbonyl (C=O) groups excluding carboxylic acids is 1. The van der Waals surface area contributed by atoms with E-state index in [-0.39, 0.29) is 6.03 Å². The number of unbranched alkanes of at least 4 members (excludes halogenated alkanes) is 4. The van der Waals surface area contributed by atoms with Gasteiger partial charge in [-0.15, -0.1) is 0 Å². The van der Waals surface area contributed by atoms with Crippen molar-refractivity contribution in [2.75, 3.05) is 39.4 Å². The Balaban J connectivity index is 1.45. The zero-order valence-electron chi connectivity index (χ0n) is 18.2. The van der Waals surface area contributed by atoms with Crippen LogP contribution in [-0.4, -0.2) is 66.8 Å². The molecule has 0 radical (unpaired) electrons. The maximum Gasteiger partial charge on any atom is 0.320 e. The largest absolute Gasteiger partial charge is 0.378 e. The summed E-state index contributed by atoms with van der Waals surface area (Å²) in [5.74, 6) is -1.73. The first kappa shape index (κ1) is 22.7. The quantitative estimate of drug-likeness (QED) is 0.442. The van der Waals surface area contributed by atoms with Crippen LogP contribution < -0.4 is 0 Å². The highest BCUT2D eigenvalue weighted by molar-refractivity contribution is 5.74. The molecule has 168 valence electrons. The predicted molar refractivity (Wildman–Crippen MR) is 107 cm³/mol. The van der Waals surface area contributed by atoms with E-state index in [4.69, 9.17) is 24.3 Å². The van der Waals surface area contributed by atoms with Crippen molar-refractivity contribution in [2.24, 2.45) is 0 Å². The molecule has 0 aliphatic carbocycles. The summed E-state index contributed by atoms with van der Waals surface area (Å²) in [7, 11) is 0. The third-order valence-corrected chi connectivity index (χ3v) is 6.06. The van der Waals surface area contributed by atoms with Crippen LogP contribution in [0.1, 0.15) is 78.1 Å². The second kappa shape index (κ2) is 10.9. The summed E-state index contributed by atoms with van der Waals surface area (Å²) in [5, 5.41) is 0. The third kappa shape index (κ3) is 6.04. The minimum absolute atomic E-state index is 0.0632. The molecule has 0 atom stereocenters. The first-order valence-corrected chi connectivity index (χ1v) is 11.5. The maximum atomic E-state index is 12.7. The van der Waals surface area contributed by atoms with Crippen molar-refractivity contribution in [1.82, 2.24) is 9.80 Å². The molecule has 0 unspecified atom stereocenters. The summed E-state index contributed by atoms with van der Waals surface area (Å²) in [5.41, 5.74) is 0. The van der Waals surface area contributed by atoms with Gasteiger partial charge in [-0.1, -0.05) is 46.0 Å². The molecule has 0 N–H and O–H groups in total. The van der Waals surface area contributed by atoms with Crippen molar-refractivity contribution in [3.63, 3.8) is 0 Å². The van der Waals surface area contributed by atoms with Gasteiger partial charge in [0.2, 0.25) is 11.6 Å². The number of ether oxygens (including phenoxy) is 1. The fourth-order valence-corrected chi connectivity index (χ4v) is 4.16. The molecule has 29 heavy (non-hydrogen) atoms. The first-order chi connectivity index (χ1) is 14.1. The lowest BCUT2D eigenvalue weighted by Crippen LogP contribution is -2.58. The lowest BCUT2D eigenvalue weighted by molar-refractivity contribution is -0.661. The van der Waals surface area contributed by atoms with Gasteiger partial charge in [0.05, 0.1) is 13.2 Å². The fourth-order valence-electron chi connectivity index (χ4n) is 4.16. The number of nitrogens with zero attached hydrogens (tertiary/aromatic N) is 2. The number of rotatable bonds is 8. The number of amides is 2. The fraction of sp³-hybridized carbons (Fsp3) is 0.952. The number of hydrogen-bond acceptors (Lipinski definition) is 6. The van der Waals surface area contributed by atoms with E-state index in [0.717, 1.165) is 32.1 Å². The van der Waals surface area contributed by atoms with Gasteiger partial charge in [-0.25, -0.2) is 4.79 Å². The molecule has 8 heteroatoms. The number of hydrogen-bond donors (Lipinski definition) is 0. The highest BCUT2D eigenvalue weighted by Gasteiger charge is 2.50. The molecule has 2 amide bonds. The molecule has 0 saturated carbocycles. The number of piperidine rings is 1. The normalized spacial score (nSPS) is 24.1. The molecule has 3 fully saturated rings. The van der Waals surface area contributed by atoms with Crippen LogP contribution in [0.25, 0.3) is 0 Å².